The van der Waals surface area contributed by atoms with Gasteiger partial charge in [-0.2, -0.15) is 4.98 Å². The number of methoxy groups -OCH3 is 1. The molecule has 8 nitrogen and oxygen atoms in total. The largest absolute Gasteiger partial charge is 0.467 e. The van der Waals surface area contributed by atoms with Gasteiger partial charge in [-0.25, -0.2) is 9.78 Å². The summed E-state index contributed by atoms with van der Waals surface area (Å²) in [7, 11) is 1.50. The highest BCUT2D eigenvalue weighted by molar-refractivity contribution is 6.33. The zero-order valence-electron chi connectivity index (χ0n) is 14.6. The average Bonchev–Trinajstić information content (AvgIpc) is 2.65. The predicted octanol–water partition coefficient (Wildman–Crippen LogP) is 2.93. The number of benzene rings is 1. The second-order valence-corrected chi connectivity index (χ2v) is 6.16. The first-order chi connectivity index (χ1) is 12.6. The molecule has 1 fully saturated rings. The fraction of sp³-hybridized carbons (Fsp3) is 0.353. The minimum atomic E-state index is -0.431. The van der Waals surface area contributed by atoms with Gasteiger partial charge in [0.05, 0.1) is 37.2 Å². The fourth-order valence-corrected chi connectivity index (χ4v) is 2.84. The third-order valence-electron chi connectivity index (χ3n) is 3.86. The molecule has 1 aromatic carbocycles. The lowest BCUT2D eigenvalue weighted by molar-refractivity contribution is 0.122. The van der Waals surface area contributed by atoms with Crippen molar-refractivity contribution in [3.8, 4) is 6.01 Å². The molecule has 1 saturated heterocycles. The molecule has 2 amide bonds. The topological polar surface area (TPSA) is 88.6 Å². The molecule has 26 heavy (non-hydrogen) atoms. The van der Waals surface area contributed by atoms with E-state index in [0.29, 0.717) is 48.5 Å². The van der Waals surface area contributed by atoms with Crippen molar-refractivity contribution >= 4 is 34.8 Å². The van der Waals surface area contributed by atoms with Crippen molar-refractivity contribution in [1.82, 2.24) is 9.97 Å². The molecular weight excluding hydrogens is 358 g/mol. The van der Waals surface area contributed by atoms with E-state index < -0.39 is 6.03 Å². The molecule has 2 aromatic rings. The van der Waals surface area contributed by atoms with Gasteiger partial charge in [0.15, 0.2) is 5.82 Å². The van der Waals surface area contributed by atoms with E-state index in [4.69, 9.17) is 21.1 Å². The molecule has 0 aliphatic carbocycles. The Bertz CT molecular complexity index is 796. The van der Waals surface area contributed by atoms with Crippen LogP contribution in [-0.2, 0) is 4.74 Å². The average molecular weight is 378 g/mol. The minimum Gasteiger partial charge on any atom is -0.467 e. The van der Waals surface area contributed by atoms with Crippen molar-refractivity contribution in [3.05, 3.63) is 35.0 Å². The van der Waals surface area contributed by atoms with E-state index >= 15 is 0 Å². The van der Waals surface area contributed by atoms with Gasteiger partial charge in [-0.15, -0.1) is 0 Å². The summed E-state index contributed by atoms with van der Waals surface area (Å²) in [6.07, 6.45) is 1.52. The van der Waals surface area contributed by atoms with Gasteiger partial charge in [0.25, 0.3) is 0 Å². The number of ether oxygens (including phenoxy) is 2. The lowest BCUT2D eigenvalue weighted by Gasteiger charge is -2.29. The van der Waals surface area contributed by atoms with Crippen molar-refractivity contribution in [1.29, 1.82) is 0 Å². The van der Waals surface area contributed by atoms with Crippen LogP contribution in [0.5, 0.6) is 6.01 Å². The Morgan fingerprint density at radius 1 is 1.27 bits per heavy atom. The zero-order chi connectivity index (χ0) is 18.5. The number of rotatable bonds is 4. The third kappa shape index (κ3) is 4.33. The van der Waals surface area contributed by atoms with Crippen LogP contribution in [0, 0.1) is 6.92 Å². The monoisotopic (exact) mass is 377 g/mol. The smallest absolute Gasteiger partial charge is 0.323 e. The molecular formula is C17H20ClN5O3. The summed E-state index contributed by atoms with van der Waals surface area (Å²) in [5.74, 6) is 0.588. The number of aryl methyl sites for hydroxylation is 1. The highest BCUT2D eigenvalue weighted by Gasteiger charge is 2.19. The number of anilines is 3. The van der Waals surface area contributed by atoms with E-state index in [1.807, 2.05) is 17.9 Å². The first-order valence-corrected chi connectivity index (χ1v) is 8.52. The standard InChI is InChI=1S/C17H20ClN5O3/c1-11-3-4-13(12(18)9-11)20-16(24)21-14-10-19-17(25-2)22-15(14)23-5-7-26-8-6-23/h3-4,9-10H,5-8H2,1-2H3,(H2,20,21,24). The van der Waals surface area contributed by atoms with E-state index in [9.17, 15) is 4.79 Å². The zero-order valence-corrected chi connectivity index (χ0v) is 15.3. The Kier molecular flexibility index (Phi) is 5.75. The van der Waals surface area contributed by atoms with Crippen molar-refractivity contribution in [2.24, 2.45) is 0 Å². The van der Waals surface area contributed by atoms with Crippen molar-refractivity contribution in [3.63, 3.8) is 0 Å². The SMILES string of the molecule is COc1ncc(NC(=O)Nc2ccc(C)cc2Cl)c(N2CCOCC2)n1. The molecule has 0 atom stereocenters. The molecule has 0 unspecified atom stereocenters. The number of urea groups is 1. The number of aromatic nitrogens is 2. The molecule has 0 spiro atoms. The third-order valence-corrected chi connectivity index (χ3v) is 4.17. The van der Waals surface area contributed by atoms with E-state index in [-0.39, 0.29) is 6.01 Å². The summed E-state index contributed by atoms with van der Waals surface area (Å²) in [6.45, 7) is 4.45. The molecule has 1 aromatic heterocycles. The summed E-state index contributed by atoms with van der Waals surface area (Å²) < 4.78 is 10.5. The molecule has 0 radical (unpaired) electrons. The summed E-state index contributed by atoms with van der Waals surface area (Å²) in [4.78, 5) is 22.9. The molecule has 2 heterocycles. The van der Waals surface area contributed by atoms with E-state index in [2.05, 4.69) is 20.6 Å². The van der Waals surface area contributed by atoms with E-state index in [1.165, 1.54) is 13.3 Å². The van der Waals surface area contributed by atoms with Crippen LogP contribution >= 0.6 is 11.6 Å². The van der Waals surface area contributed by atoms with Crippen LogP contribution < -0.4 is 20.3 Å². The van der Waals surface area contributed by atoms with Crippen LogP contribution in [0.4, 0.5) is 22.0 Å². The van der Waals surface area contributed by atoms with Crippen LogP contribution in [-0.4, -0.2) is 49.4 Å². The number of carbonyl (C=O) groups is 1. The lowest BCUT2D eigenvalue weighted by Crippen LogP contribution is -2.37. The number of carbonyl (C=O) groups excluding carboxylic acids is 1. The van der Waals surface area contributed by atoms with Gasteiger partial charge in [-0.05, 0) is 24.6 Å². The quantitative estimate of drug-likeness (QED) is 0.851. The lowest BCUT2D eigenvalue weighted by atomic mass is 10.2. The second kappa shape index (κ2) is 8.20. The van der Waals surface area contributed by atoms with Crippen LogP contribution in [0.15, 0.2) is 24.4 Å². The van der Waals surface area contributed by atoms with Crippen LogP contribution in [0.1, 0.15) is 5.56 Å². The number of hydrogen-bond acceptors (Lipinski definition) is 6. The Morgan fingerprint density at radius 3 is 2.69 bits per heavy atom. The molecule has 1 aliphatic rings. The van der Waals surface area contributed by atoms with Crippen LogP contribution in [0.3, 0.4) is 0 Å². The van der Waals surface area contributed by atoms with Gasteiger partial charge in [0.2, 0.25) is 0 Å². The van der Waals surface area contributed by atoms with Gasteiger partial charge >= 0.3 is 12.0 Å². The summed E-state index contributed by atoms with van der Waals surface area (Å²) >= 11 is 6.16. The van der Waals surface area contributed by atoms with Crippen molar-refractivity contribution in [2.45, 2.75) is 6.92 Å². The summed E-state index contributed by atoms with van der Waals surface area (Å²) in [5.41, 5.74) is 2.02. The Morgan fingerprint density at radius 2 is 2.00 bits per heavy atom. The number of nitrogens with zero attached hydrogens (tertiary/aromatic N) is 3. The molecule has 3 rings (SSSR count). The van der Waals surface area contributed by atoms with Crippen LogP contribution in [0.2, 0.25) is 5.02 Å². The van der Waals surface area contributed by atoms with Crippen molar-refractivity contribution in [2.75, 3.05) is 48.9 Å². The fourth-order valence-electron chi connectivity index (χ4n) is 2.56. The molecule has 0 saturated carbocycles. The molecule has 138 valence electrons. The molecule has 9 heteroatoms. The van der Waals surface area contributed by atoms with Gasteiger partial charge in [-0.3, -0.25) is 0 Å². The Hall–Kier alpha value is -2.58. The van der Waals surface area contributed by atoms with E-state index in [0.717, 1.165) is 5.56 Å². The molecule has 2 N–H and O–H groups in total. The number of hydrogen-bond donors (Lipinski definition) is 2. The number of halogens is 1. The minimum absolute atomic E-state index is 0.235. The number of nitrogens with one attached hydrogen (secondary N) is 2. The van der Waals surface area contributed by atoms with Gasteiger partial charge in [-0.1, -0.05) is 17.7 Å². The van der Waals surface area contributed by atoms with E-state index in [1.54, 1.807) is 12.1 Å². The normalized spacial score (nSPS) is 14.0. The van der Waals surface area contributed by atoms with Gasteiger partial charge < -0.3 is 25.0 Å². The van der Waals surface area contributed by atoms with Gasteiger partial charge in [0, 0.05) is 13.1 Å². The first kappa shape index (κ1) is 18.2. The second-order valence-electron chi connectivity index (χ2n) is 5.76. The summed E-state index contributed by atoms with van der Waals surface area (Å²) in [5, 5.41) is 5.98. The highest BCUT2D eigenvalue weighted by Crippen LogP contribution is 2.27. The molecule has 0 bridgehead atoms. The Labute approximate surface area is 156 Å². The molecule has 1 aliphatic heterocycles. The van der Waals surface area contributed by atoms with Crippen molar-refractivity contribution < 1.29 is 14.3 Å². The highest BCUT2D eigenvalue weighted by atomic mass is 35.5. The maximum Gasteiger partial charge on any atom is 0.323 e. The first-order valence-electron chi connectivity index (χ1n) is 8.14. The Balaban J connectivity index is 1.78. The van der Waals surface area contributed by atoms with Crippen LogP contribution in [0.25, 0.3) is 0 Å². The maximum atomic E-state index is 12.4. The van der Waals surface area contributed by atoms with Gasteiger partial charge in [0.1, 0.15) is 5.69 Å². The maximum absolute atomic E-state index is 12.4. The predicted molar refractivity (Wildman–Crippen MR) is 100 cm³/mol. The number of amides is 2. The number of morpholine rings is 1. The summed E-state index contributed by atoms with van der Waals surface area (Å²) in [6, 6.07) is 5.22.